The Hall–Kier alpha value is -0.940. The number of thiazole rings is 1. The Kier molecular flexibility index (Phi) is 3.39. The maximum Gasteiger partial charge on any atom is 0.349 e. The molecule has 13 heavy (non-hydrogen) atoms. The molecule has 1 aromatic heterocycles. The van der Waals surface area contributed by atoms with Crippen molar-refractivity contribution in [1.29, 1.82) is 0 Å². The van der Waals surface area contributed by atoms with Gasteiger partial charge in [0.1, 0.15) is 9.88 Å². The largest absolute Gasteiger partial charge is 0.465 e. The van der Waals surface area contributed by atoms with Gasteiger partial charge in [-0.25, -0.2) is 9.78 Å². The van der Waals surface area contributed by atoms with Crippen LogP contribution in [0.4, 0.5) is 0 Å². The van der Waals surface area contributed by atoms with Gasteiger partial charge in [0.25, 0.3) is 0 Å². The lowest BCUT2D eigenvalue weighted by atomic mass is 10.4. The summed E-state index contributed by atoms with van der Waals surface area (Å²) in [6.07, 6.45) is 0. The van der Waals surface area contributed by atoms with Crippen molar-refractivity contribution >= 4 is 17.3 Å². The van der Waals surface area contributed by atoms with E-state index in [1.54, 1.807) is 14.0 Å². The minimum absolute atomic E-state index is 0.336. The van der Waals surface area contributed by atoms with E-state index in [2.05, 4.69) is 9.72 Å². The normalized spacial score (nSPS) is 10.1. The Morgan fingerprint density at radius 1 is 1.54 bits per heavy atom. The van der Waals surface area contributed by atoms with Gasteiger partial charge in [0.05, 0.1) is 19.4 Å². The third kappa shape index (κ3) is 2.26. The fourth-order valence-corrected chi connectivity index (χ4v) is 1.87. The summed E-state index contributed by atoms with van der Waals surface area (Å²) >= 11 is 1.31. The standard InChI is InChI=1S/C8H11NO3S/c1-5-7(8(10)12-3)13-6(9-5)4-11-2/h4H2,1-3H3. The minimum Gasteiger partial charge on any atom is -0.465 e. The Balaban J connectivity index is 2.89. The lowest BCUT2D eigenvalue weighted by molar-refractivity contribution is 0.0605. The number of aromatic nitrogens is 1. The molecule has 0 spiro atoms. The van der Waals surface area contributed by atoms with Crippen molar-refractivity contribution in [2.75, 3.05) is 14.2 Å². The number of aryl methyl sites for hydroxylation is 1. The third-order valence-electron chi connectivity index (χ3n) is 1.48. The van der Waals surface area contributed by atoms with Crippen LogP contribution in [0.5, 0.6) is 0 Å². The van der Waals surface area contributed by atoms with Gasteiger partial charge in [-0.3, -0.25) is 0 Å². The summed E-state index contributed by atoms with van der Waals surface area (Å²) < 4.78 is 9.50. The molecule has 4 nitrogen and oxygen atoms in total. The molecule has 0 aromatic carbocycles. The third-order valence-corrected chi connectivity index (χ3v) is 2.59. The molecule has 0 bridgehead atoms. The SMILES string of the molecule is COCc1nc(C)c(C(=O)OC)s1. The Labute approximate surface area is 80.5 Å². The van der Waals surface area contributed by atoms with Gasteiger partial charge in [-0.2, -0.15) is 0 Å². The monoisotopic (exact) mass is 201 g/mol. The molecule has 0 amide bonds. The van der Waals surface area contributed by atoms with E-state index in [0.717, 1.165) is 5.01 Å². The quantitative estimate of drug-likeness (QED) is 0.693. The van der Waals surface area contributed by atoms with Crippen molar-refractivity contribution in [3.8, 4) is 0 Å². The van der Waals surface area contributed by atoms with Gasteiger partial charge in [-0.05, 0) is 6.92 Å². The maximum absolute atomic E-state index is 11.2. The highest BCUT2D eigenvalue weighted by molar-refractivity contribution is 7.13. The summed E-state index contributed by atoms with van der Waals surface area (Å²) in [5.41, 5.74) is 0.698. The van der Waals surface area contributed by atoms with E-state index in [9.17, 15) is 4.79 Å². The van der Waals surface area contributed by atoms with E-state index in [1.807, 2.05) is 0 Å². The molecule has 0 saturated heterocycles. The van der Waals surface area contributed by atoms with Crippen molar-refractivity contribution in [2.24, 2.45) is 0 Å². The van der Waals surface area contributed by atoms with Gasteiger partial charge in [0.2, 0.25) is 0 Å². The van der Waals surface area contributed by atoms with E-state index in [4.69, 9.17) is 4.74 Å². The topological polar surface area (TPSA) is 48.4 Å². The minimum atomic E-state index is -0.336. The molecule has 0 N–H and O–H groups in total. The molecular weight excluding hydrogens is 190 g/mol. The van der Waals surface area contributed by atoms with E-state index in [-0.39, 0.29) is 5.97 Å². The molecule has 1 aromatic rings. The molecule has 0 unspecified atom stereocenters. The first kappa shape index (κ1) is 10.1. The van der Waals surface area contributed by atoms with Crippen molar-refractivity contribution < 1.29 is 14.3 Å². The number of hydrogen-bond donors (Lipinski definition) is 0. The summed E-state index contributed by atoms with van der Waals surface area (Å²) in [6.45, 7) is 2.21. The number of hydrogen-bond acceptors (Lipinski definition) is 5. The first-order chi connectivity index (χ1) is 6.19. The predicted molar refractivity (Wildman–Crippen MR) is 48.9 cm³/mol. The second-order valence-electron chi connectivity index (χ2n) is 2.45. The first-order valence-corrected chi connectivity index (χ1v) is 4.54. The summed E-state index contributed by atoms with van der Waals surface area (Å²) in [7, 11) is 2.95. The summed E-state index contributed by atoms with van der Waals surface area (Å²) in [4.78, 5) is 15.9. The van der Waals surface area contributed by atoms with Crippen LogP contribution in [0.15, 0.2) is 0 Å². The lowest BCUT2D eigenvalue weighted by Gasteiger charge is -1.93. The number of carbonyl (C=O) groups is 1. The van der Waals surface area contributed by atoms with Crippen LogP contribution in [0.1, 0.15) is 20.4 Å². The van der Waals surface area contributed by atoms with E-state index in [0.29, 0.717) is 17.2 Å². The van der Waals surface area contributed by atoms with Crippen LogP contribution in [-0.4, -0.2) is 25.2 Å². The zero-order valence-corrected chi connectivity index (χ0v) is 8.60. The predicted octanol–water partition coefficient (Wildman–Crippen LogP) is 1.38. The van der Waals surface area contributed by atoms with Crippen LogP contribution >= 0.6 is 11.3 Å². The fraction of sp³-hybridized carbons (Fsp3) is 0.500. The van der Waals surface area contributed by atoms with Crippen molar-refractivity contribution in [2.45, 2.75) is 13.5 Å². The Morgan fingerprint density at radius 2 is 2.23 bits per heavy atom. The highest BCUT2D eigenvalue weighted by atomic mass is 32.1. The van der Waals surface area contributed by atoms with Crippen LogP contribution < -0.4 is 0 Å². The van der Waals surface area contributed by atoms with Crippen LogP contribution in [0.2, 0.25) is 0 Å². The number of carbonyl (C=O) groups excluding carboxylic acids is 1. The number of rotatable bonds is 3. The van der Waals surface area contributed by atoms with Crippen molar-refractivity contribution in [3.63, 3.8) is 0 Å². The first-order valence-electron chi connectivity index (χ1n) is 3.72. The molecule has 0 aliphatic carbocycles. The smallest absolute Gasteiger partial charge is 0.349 e. The van der Waals surface area contributed by atoms with E-state index >= 15 is 0 Å². The summed E-state index contributed by atoms with van der Waals surface area (Å²) in [5, 5.41) is 0.792. The zero-order valence-electron chi connectivity index (χ0n) is 7.79. The van der Waals surface area contributed by atoms with Crippen molar-refractivity contribution in [1.82, 2.24) is 4.98 Å². The summed E-state index contributed by atoms with van der Waals surface area (Å²) in [6, 6.07) is 0. The molecule has 0 radical (unpaired) electrons. The number of ether oxygens (including phenoxy) is 2. The van der Waals surface area contributed by atoms with Gasteiger partial charge in [-0.15, -0.1) is 11.3 Å². The lowest BCUT2D eigenvalue weighted by Crippen LogP contribution is -1.99. The van der Waals surface area contributed by atoms with Gasteiger partial charge in [-0.1, -0.05) is 0 Å². The number of nitrogens with zero attached hydrogens (tertiary/aromatic N) is 1. The molecular formula is C8H11NO3S. The molecule has 0 atom stereocenters. The highest BCUT2D eigenvalue weighted by Crippen LogP contribution is 2.19. The zero-order chi connectivity index (χ0) is 9.84. The molecule has 5 heteroatoms. The fourth-order valence-electron chi connectivity index (χ4n) is 0.920. The van der Waals surface area contributed by atoms with Gasteiger partial charge >= 0.3 is 5.97 Å². The molecule has 1 rings (SSSR count). The molecule has 0 aliphatic rings. The molecule has 72 valence electrons. The molecule has 1 heterocycles. The second kappa shape index (κ2) is 4.34. The highest BCUT2D eigenvalue weighted by Gasteiger charge is 2.14. The Bertz CT molecular complexity index is 308. The average molecular weight is 201 g/mol. The van der Waals surface area contributed by atoms with E-state index < -0.39 is 0 Å². The average Bonchev–Trinajstić information content (AvgIpc) is 2.46. The van der Waals surface area contributed by atoms with E-state index in [1.165, 1.54) is 18.4 Å². The Morgan fingerprint density at radius 3 is 2.77 bits per heavy atom. The van der Waals surface area contributed by atoms with Gasteiger partial charge in [0, 0.05) is 7.11 Å². The van der Waals surface area contributed by atoms with Gasteiger partial charge in [0.15, 0.2) is 0 Å². The molecule has 0 saturated carbocycles. The molecule has 0 aliphatic heterocycles. The van der Waals surface area contributed by atoms with Crippen molar-refractivity contribution in [3.05, 3.63) is 15.6 Å². The van der Waals surface area contributed by atoms with Crippen LogP contribution in [0.3, 0.4) is 0 Å². The number of methoxy groups -OCH3 is 2. The van der Waals surface area contributed by atoms with Crippen LogP contribution in [0.25, 0.3) is 0 Å². The molecule has 0 fully saturated rings. The second-order valence-corrected chi connectivity index (χ2v) is 3.53. The van der Waals surface area contributed by atoms with Crippen LogP contribution in [-0.2, 0) is 16.1 Å². The van der Waals surface area contributed by atoms with Gasteiger partial charge < -0.3 is 9.47 Å². The maximum atomic E-state index is 11.2. The summed E-state index contributed by atoms with van der Waals surface area (Å²) in [5.74, 6) is -0.336. The number of esters is 1. The van der Waals surface area contributed by atoms with Crippen LogP contribution in [0, 0.1) is 6.92 Å².